The van der Waals surface area contributed by atoms with Crippen LogP contribution in [0.25, 0.3) is 11.0 Å². The van der Waals surface area contributed by atoms with Gasteiger partial charge in [-0.15, -0.1) is 5.10 Å². The highest BCUT2D eigenvalue weighted by atomic mass is 16.4. The molecule has 2 aromatic carbocycles. The Morgan fingerprint density at radius 1 is 1.30 bits per heavy atom. The number of aryl methyl sites for hydroxylation is 3. The van der Waals surface area contributed by atoms with Crippen molar-refractivity contribution in [2.45, 2.75) is 45.1 Å². The van der Waals surface area contributed by atoms with Crippen LogP contribution in [-0.4, -0.2) is 31.2 Å². The van der Waals surface area contributed by atoms with Crippen LogP contribution in [0.1, 0.15) is 52.1 Å². The molecule has 0 saturated heterocycles. The maximum Gasteiger partial charge on any atom is 0.304 e. The van der Waals surface area contributed by atoms with E-state index in [1.165, 1.54) is 11.1 Å². The van der Waals surface area contributed by atoms with Gasteiger partial charge in [-0.25, -0.2) is 4.68 Å². The third-order valence-corrected chi connectivity index (χ3v) is 5.74. The number of carboxylic acids is 1. The molecule has 0 fully saturated rings. The summed E-state index contributed by atoms with van der Waals surface area (Å²) in [4.78, 5) is 11.6. The first-order valence-corrected chi connectivity index (χ1v) is 9.25. The molecule has 1 aliphatic carbocycles. The van der Waals surface area contributed by atoms with Crippen molar-refractivity contribution in [3.05, 3.63) is 57.6 Å². The number of hydrogen-bond acceptors (Lipinski definition) is 4. The van der Waals surface area contributed by atoms with Crippen LogP contribution in [0.5, 0.6) is 0 Å². The van der Waals surface area contributed by atoms with Gasteiger partial charge in [0, 0.05) is 13.0 Å². The lowest BCUT2D eigenvalue weighted by Crippen LogP contribution is -2.11. The lowest BCUT2D eigenvalue weighted by molar-refractivity contribution is -0.137. The highest BCUT2D eigenvalue weighted by Gasteiger charge is 2.25. The Labute approximate surface area is 157 Å². The van der Waals surface area contributed by atoms with Crippen molar-refractivity contribution < 1.29 is 15.0 Å². The maximum absolute atomic E-state index is 11.6. The van der Waals surface area contributed by atoms with Gasteiger partial charge in [0.1, 0.15) is 5.52 Å². The second-order valence-corrected chi connectivity index (χ2v) is 7.34. The number of aromatic nitrogens is 3. The number of aliphatic hydroxyl groups excluding tert-OH is 1. The van der Waals surface area contributed by atoms with Gasteiger partial charge < -0.3 is 10.2 Å². The molecule has 6 heteroatoms. The fourth-order valence-corrected chi connectivity index (χ4v) is 4.37. The summed E-state index contributed by atoms with van der Waals surface area (Å²) < 4.78 is 1.72. The van der Waals surface area contributed by atoms with Crippen LogP contribution in [0.3, 0.4) is 0 Å². The topological polar surface area (TPSA) is 88.2 Å². The normalized spacial score (nSPS) is 14.5. The first kappa shape index (κ1) is 17.7. The van der Waals surface area contributed by atoms with Crippen LogP contribution in [0.4, 0.5) is 0 Å². The molecular weight excluding hydrogens is 342 g/mol. The number of aliphatic carboxylic acids is 1. The molecule has 0 bridgehead atoms. The summed E-state index contributed by atoms with van der Waals surface area (Å²) in [6.45, 7) is 1.96. The van der Waals surface area contributed by atoms with Gasteiger partial charge in [0.05, 0.1) is 18.5 Å². The molecule has 1 atom stereocenters. The van der Waals surface area contributed by atoms with Crippen LogP contribution in [-0.2, 0) is 31.3 Å². The first-order chi connectivity index (χ1) is 13.0. The summed E-state index contributed by atoms with van der Waals surface area (Å²) in [5, 5.41) is 27.7. The van der Waals surface area contributed by atoms with E-state index in [-0.39, 0.29) is 18.9 Å². The summed E-state index contributed by atoms with van der Waals surface area (Å²) in [6, 6.07) is 8.06. The van der Waals surface area contributed by atoms with Gasteiger partial charge in [-0.05, 0) is 65.6 Å². The van der Waals surface area contributed by atoms with Crippen molar-refractivity contribution in [1.82, 2.24) is 15.0 Å². The van der Waals surface area contributed by atoms with E-state index < -0.39 is 5.97 Å². The molecular formula is C21H23N3O3. The smallest absolute Gasteiger partial charge is 0.304 e. The highest BCUT2D eigenvalue weighted by molar-refractivity contribution is 5.80. The fraction of sp³-hybridized carbons (Fsp3) is 0.381. The summed E-state index contributed by atoms with van der Waals surface area (Å²) >= 11 is 0. The molecule has 4 rings (SSSR count). The van der Waals surface area contributed by atoms with E-state index in [0.717, 1.165) is 52.5 Å². The van der Waals surface area contributed by atoms with Gasteiger partial charge >= 0.3 is 5.97 Å². The first-order valence-electron chi connectivity index (χ1n) is 9.25. The fourth-order valence-electron chi connectivity index (χ4n) is 4.37. The number of carboxylic acid groups (broad SMARTS) is 1. The van der Waals surface area contributed by atoms with Gasteiger partial charge in [0.2, 0.25) is 0 Å². The summed E-state index contributed by atoms with van der Waals surface area (Å²) in [5.41, 5.74) is 7.98. The molecule has 1 aromatic heterocycles. The van der Waals surface area contributed by atoms with Crippen LogP contribution in [0, 0.1) is 6.92 Å². The average Bonchev–Trinajstić information content (AvgIpc) is 3.26. The Morgan fingerprint density at radius 2 is 2.11 bits per heavy atom. The lowest BCUT2D eigenvalue weighted by atomic mass is 9.83. The third kappa shape index (κ3) is 3.00. The SMILES string of the molecule is Cc1c(C(CC(=O)O)c2cc(CO)c3c(c2)CCC3)ccc2c1nnn2C. The zero-order chi connectivity index (χ0) is 19.1. The minimum Gasteiger partial charge on any atom is -0.481 e. The quantitative estimate of drug-likeness (QED) is 0.726. The lowest BCUT2D eigenvalue weighted by Gasteiger charge is -2.21. The molecule has 0 radical (unpaired) electrons. The minimum absolute atomic E-state index is 0.00371. The molecule has 1 unspecified atom stereocenters. The predicted octanol–water partition coefficient (Wildman–Crippen LogP) is 2.86. The number of carbonyl (C=O) groups is 1. The van der Waals surface area contributed by atoms with E-state index in [4.69, 9.17) is 0 Å². The van der Waals surface area contributed by atoms with Crippen molar-refractivity contribution in [2.75, 3.05) is 0 Å². The summed E-state index contributed by atoms with van der Waals surface area (Å²) in [7, 11) is 1.84. The Kier molecular flexibility index (Phi) is 4.44. The molecule has 0 amide bonds. The number of nitrogens with zero attached hydrogens (tertiary/aromatic N) is 3. The van der Waals surface area contributed by atoms with Gasteiger partial charge in [-0.2, -0.15) is 0 Å². The standard InChI is InChI=1S/C21H23N3O3/c1-12-16(6-7-19-21(12)22-23-24(19)2)18(10-20(26)27)14-8-13-4-3-5-17(13)15(9-14)11-25/h6-9,18,25H,3-5,10-11H2,1-2H3,(H,26,27). The Balaban J connectivity index is 1.88. The van der Waals surface area contributed by atoms with Crippen molar-refractivity contribution in [2.24, 2.45) is 7.05 Å². The van der Waals surface area contributed by atoms with Crippen LogP contribution in [0.15, 0.2) is 24.3 Å². The molecule has 1 aliphatic rings. The molecule has 0 saturated carbocycles. The maximum atomic E-state index is 11.6. The number of hydrogen-bond donors (Lipinski definition) is 2. The number of benzene rings is 2. The highest BCUT2D eigenvalue weighted by Crippen LogP contribution is 2.37. The van der Waals surface area contributed by atoms with E-state index in [2.05, 4.69) is 16.4 Å². The van der Waals surface area contributed by atoms with Crippen molar-refractivity contribution >= 4 is 17.0 Å². The number of rotatable bonds is 5. The van der Waals surface area contributed by atoms with E-state index in [0.29, 0.717) is 0 Å². The van der Waals surface area contributed by atoms with Crippen LogP contribution in [0.2, 0.25) is 0 Å². The van der Waals surface area contributed by atoms with E-state index in [9.17, 15) is 15.0 Å². The molecule has 0 aliphatic heterocycles. The monoisotopic (exact) mass is 365 g/mol. The Morgan fingerprint density at radius 3 is 2.85 bits per heavy atom. The predicted molar refractivity (Wildman–Crippen MR) is 102 cm³/mol. The second-order valence-electron chi connectivity index (χ2n) is 7.34. The van der Waals surface area contributed by atoms with Crippen molar-refractivity contribution in [3.8, 4) is 0 Å². The van der Waals surface area contributed by atoms with Gasteiger partial charge in [-0.1, -0.05) is 23.4 Å². The summed E-state index contributed by atoms with van der Waals surface area (Å²) in [6.07, 6.45) is 3.05. The van der Waals surface area contributed by atoms with Gasteiger partial charge in [0.15, 0.2) is 0 Å². The largest absolute Gasteiger partial charge is 0.481 e. The van der Waals surface area contributed by atoms with E-state index in [1.807, 2.05) is 32.2 Å². The van der Waals surface area contributed by atoms with Crippen molar-refractivity contribution in [1.29, 1.82) is 0 Å². The average molecular weight is 365 g/mol. The van der Waals surface area contributed by atoms with E-state index >= 15 is 0 Å². The Bertz CT molecular complexity index is 1040. The van der Waals surface area contributed by atoms with Crippen molar-refractivity contribution in [3.63, 3.8) is 0 Å². The van der Waals surface area contributed by atoms with Gasteiger partial charge in [-0.3, -0.25) is 4.79 Å². The molecule has 6 nitrogen and oxygen atoms in total. The molecule has 3 aromatic rings. The third-order valence-electron chi connectivity index (χ3n) is 5.74. The minimum atomic E-state index is -0.843. The second kappa shape index (κ2) is 6.78. The zero-order valence-electron chi connectivity index (χ0n) is 15.6. The Hall–Kier alpha value is -2.73. The molecule has 140 valence electrons. The van der Waals surface area contributed by atoms with E-state index in [1.54, 1.807) is 4.68 Å². The van der Waals surface area contributed by atoms with Crippen LogP contribution < -0.4 is 0 Å². The number of fused-ring (bicyclic) bond motifs is 2. The molecule has 0 spiro atoms. The molecule has 1 heterocycles. The molecule has 2 N–H and O–H groups in total. The van der Waals surface area contributed by atoms with Gasteiger partial charge in [0.25, 0.3) is 0 Å². The summed E-state index contributed by atoms with van der Waals surface area (Å²) in [5.74, 6) is -1.13. The molecule has 27 heavy (non-hydrogen) atoms. The zero-order valence-corrected chi connectivity index (χ0v) is 15.6. The number of aliphatic hydroxyl groups is 1. The van der Waals surface area contributed by atoms with Crippen LogP contribution >= 0.6 is 0 Å².